The normalized spacial score (nSPS) is 11.3. The Hall–Kier alpha value is -3.69. The van der Waals surface area contributed by atoms with Crippen molar-refractivity contribution in [2.75, 3.05) is 0 Å². The maximum absolute atomic E-state index is 13.7. The Morgan fingerprint density at radius 1 is 0.600 bits per heavy atom. The molecule has 0 saturated carbocycles. The van der Waals surface area contributed by atoms with E-state index in [2.05, 4.69) is 5.32 Å². The number of carbonyl (C=O) groups is 1. The van der Waals surface area contributed by atoms with Gasteiger partial charge in [-0.15, -0.1) is 0 Å². The van der Waals surface area contributed by atoms with Crippen LogP contribution in [0.2, 0.25) is 0 Å². The molecule has 0 saturated heterocycles. The van der Waals surface area contributed by atoms with E-state index >= 15 is 0 Å². The lowest BCUT2D eigenvalue weighted by atomic mass is 9.84. The molecule has 0 radical (unpaired) electrons. The van der Waals surface area contributed by atoms with Gasteiger partial charge in [0.1, 0.15) is 0 Å². The van der Waals surface area contributed by atoms with E-state index in [0.717, 1.165) is 11.1 Å². The molecule has 0 aromatic heterocycles. The molecule has 3 nitrogen and oxygen atoms in total. The molecule has 0 aliphatic carbocycles. The molecule has 1 amide bonds. The lowest BCUT2D eigenvalue weighted by Gasteiger charge is -2.31. The second kappa shape index (κ2) is 8.76. The van der Waals surface area contributed by atoms with Crippen LogP contribution < -0.4 is 5.32 Å². The number of aliphatic hydroxyl groups is 1. The van der Waals surface area contributed by atoms with Crippen molar-refractivity contribution in [2.24, 2.45) is 0 Å². The van der Waals surface area contributed by atoms with E-state index in [1.165, 1.54) is 0 Å². The molecule has 0 atom stereocenters. The van der Waals surface area contributed by atoms with Gasteiger partial charge in [-0.05, 0) is 22.3 Å². The summed E-state index contributed by atoms with van der Waals surface area (Å²) in [4.78, 5) is 13.7. The number of rotatable bonds is 6. The molecular weight excluding hydrogens is 370 g/mol. The van der Waals surface area contributed by atoms with E-state index in [0.29, 0.717) is 11.1 Å². The Bertz CT molecular complexity index is 1000. The maximum atomic E-state index is 13.7. The Kier molecular flexibility index (Phi) is 5.73. The van der Waals surface area contributed by atoms with Gasteiger partial charge in [0, 0.05) is 0 Å². The SMILES string of the molecule is O=C(NC(c1ccccc1)c1ccccc1)C(O)(c1ccccc1)c1ccccc1. The van der Waals surface area contributed by atoms with E-state index in [9.17, 15) is 9.90 Å². The van der Waals surface area contributed by atoms with Gasteiger partial charge >= 0.3 is 0 Å². The van der Waals surface area contributed by atoms with Gasteiger partial charge in [-0.2, -0.15) is 0 Å². The summed E-state index contributed by atoms with van der Waals surface area (Å²) in [6, 6.07) is 37.3. The zero-order valence-corrected chi connectivity index (χ0v) is 16.5. The summed E-state index contributed by atoms with van der Waals surface area (Å²) in [6.45, 7) is 0. The van der Waals surface area contributed by atoms with E-state index in [-0.39, 0.29) is 6.04 Å². The first-order valence-electron chi connectivity index (χ1n) is 9.94. The first kappa shape index (κ1) is 19.6. The highest BCUT2D eigenvalue weighted by Crippen LogP contribution is 2.32. The van der Waals surface area contributed by atoms with Crippen molar-refractivity contribution >= 4 is 5.91 Å². The van der Waals surface area contributed by atoms with E-state index in [1.807, 2.05) is 97.1 Å². The minimum absolute atomic E-state index is 0.390. The summed E-state index contributed by atoms with van der Waals surface area (Å²) in [7, 11) is 0. The second-order valence-electron chi connectivity index (χ2n) is 7.17. The summed E-state index contributed by atoms with van der Waals surface area (Å²) >= 11 is 0. The van der Waals surface area contributed by atoms with Gasteiger partial charge in [-0.3, -0.25) is 4.79 Å². The van der Waals surface area contributed by atoms with Crippen molar-refractivity contribution in [1.29, 1.82) is 0 Å². The topological polar surface area (TPSA) is 49.3 Å². The largest absolute Gasteiger partial charge is 0.372 e. The average molecular weight is 393 g/mol. The van der Waals surface area contributed by atoms with E-state index < -0.39 is 11.5 Å². The molecule has 0 unspecified atom stereocenters. The highest BCUT2D eigenvalue weighted by Gasteiger charge is 2.41. The first-order chi connectivity index (χ1) is 14.7. The summed E-state index contributed by atoms with van der Waals surface area (Å²) in [5, 5.41) is 14.9. The van der Waals surface area contributed by atoms with Crippen LogP contribution in [-0.2, 0) is 10.4 Å². The van der Waals surface area contributed by atoms with Gasteiger partial charge in [0.2, 0.25) is 0 Å². The molecule has 0 spiro atoms. The van der Waals surface area contributed by atoms with Gasteiger partial charge in [-0.1, -0.05) is 121 Å². The van der Waals surface area contributed by atoms with Gasteiger partial charge in [-0.25, -0.2) is 0 Å². The van der Waals surface area contributed by atoms with Crippen molar-refractivity contribution in [2.45, 2.75) is 11.6 Å². The number of benzene rings is 4. The molecule has 4 aromatic carbocycles. The standard InChI is InChI=1S/C27H23NO2/c29-26(27(30,23-17-9-3-10-18-23)24-19-11-4-12-20-24)28-25(21-13-5-1-6-14-21)22-15-7-2-8-16-22/h1-20,25,30H,(H,28,29). The minimum Gasteiger partial charge on any atom is -0.372 e. The molecule has 0 fully saturated rings. The van der Waals surface area contributed by atoms with Gasteiger partial charge in [0.05, 0.1) is 6.04 Å². The van der Waals surface area contributed by atoms with Gasteiger partial charge in [0.25, 0.3) is 5.91 Å². The third kappa shape index (κ3) is 3.88. The van der Waals surface area contributed by atoms with Crippen LogP contribution in [0.4, 0.5) is 0 Å². The lowest BCUT2D eigenvalue weighted by Crippen LogP contribution is -2.46. The fourth-order valence-corrected chi connectivity index (χ4v) is 3.67. The molecule has 0 aliphatic heterocycles. The van der Waals surface area contributed by atoms with Crippen LogP contribution in [0.3, 0.4) is 0 Å². The Balaban J connectivity index is 1.77. The predicted molar refractivity (Wildman–Crippen MR) is 119 cm³/mol. The maximum Gasteiger partial charge on any atom is 0.262 e. The first-order valence-corrected chi connectivity index (χ1v) is 9.94. The fourth-order valence-electron chi connectivity index (χ4n) is 3.67. The Morgan fingerprint density at radius 3 is 1.30 bits per heavy atom. The predicted octanol–water partition coefficient (Wildman–Crippen LogP) is 4.83. The minimum atomic E-state index is -1.82. The monoisotopic (exact) mass is 393 g/mol. The van der Waals surface area contributed by atoms with Crippen molar-refractivity contribution in [3.63, 3.8) is 0 Å². The van der Waals surface area contributed by atoms with Crippen LogP contribution in [0.25, 0.3) is 0 Å². The summed E-state index contributed by atoms with van der Waals surface area (Å²) in [5.74, 6) is -0.474. The fraction of sp³-hybridized carbons (Fsp3) is 0.0741. The number of hydrogen-bond donors (Lipinski definition) is 2. The average Bonchev–Trinajstić information content (AvgIpc) is 2.84. The van der Waals surface area contributed by atoms with Crippen LogP contribution in [-0.4, -0.2) is 11.0 Å². The molecular formula is C27H23NO2. The molecule has 0 heterocycles. The van der Waals surface area contributed by atoms with Crippen molar-refractivity contribution in [3.8, 4) is 0 Å². The van der Waals surface area contributed by atoms with Crippen molar-refractivity contribution in [1.82, 2.24) is 5.32 Å². The molecule has 2 N–H and O–H groups in total. The lowest BCUT2D eigenvalue weighted by molar-refractivity contribution is -0.137. The number of nitrogens with one attached hydrogen (secondary N) is 1. The molecule has 148 valence electrons. The third-order valence-electron chi connectivity index (χ3n) is 5.25. The summed E-state index contributed by atoms with van der Waals surface area (Å²) in [6.07, 6.45) is 0. The van der Waals surface area contributed by atoms with E-state index in [4.69, 9.17) is 0 Å². The Labute approximate surface area is 176 Å². The smallest absolute Gasteiger partial charge is 0.262 e. The molecule has 0 bridgehead atoms. The van der Waals surface area contributed by atoms with Crippen LogP contribution in [0, 0.1) is 0 Å². The molecule has 4 aromatic rings. The highest BCUT2D eigenvalue weighted by atomic mass is 16.3. The van der Waals surface area contributed by atoms with Crippen LogP contribution >= 0.6 is 0 Å². The van der Waals surface area contributed by atoms with Crippen molar-refractivity contribution < 1.29 is 9.90 Å². The Morgan fingerprint density at radius 2 is 0.933 bits per heavy atom. The number of amides is 1. The van der Waals surface area contributed by atoms with Crippen molar-refractivity contribution in [3.05, 3.63) is 144 Å². The number of hydrogen-bond acceptors (Lipinski definition) is 2. The van der Waals surface area contributed by atoms with E-state index in [1.54, 1.807) is 24.3 Å². The summed E-state index contributed by atoms with van der Waals surface area (Å²) in [5.41, 5.74) is 1.12. The second-order valence-corrected chi connectivity index (χ2v) is 7.17. The van der Waals surface area contributed by atoms with Crippen LogP contribution in [0.5, 0.6) is 0 Å². The van der Waals surface area contributed by atoms with Crippen LogP contribution in [0.15, 0.2) is 121 Å². The zero-order chi connectivity index (χ0) is 20.8. The summed E-state index contributed by atoms with van der Waals surface area (Å²) < 4.78 is 0. The third-order valence-corrected chi connectivity index (χ3v) is 5.25. The molecule has 3 heteroatoms. The van der Waals surface area contributed by atoms with Gasteiger partial charge in [0.15, 0.2) is 5.60 Å². The quantitative estimate of drug-likeness (QED) is 0.493. The van der Waals surface area contributed by atoms with Gasteiger partial charge < -0.3 is 10.4 Å². The molecule has 4 rings (SSSR count). The molecule has 30 heavy (non-hydrogen) atoms. The highest BCUT2D eigenvalue weighted by molar-refractivity contribution is 5.90. The molecule has 0 aliphatic rings. The van der Waals surface area contributed by atoms with Crippen LogP contribution in [0.1, 0.15) is 28.3 Å². The zero-order valence-electron chi connectivity index (χ0n) is 16.5. The number of carbonyl (C=O) groups excluding carboxylic acids is 1.